The molecule has 0 aromatic carbocycles. The van der Waals surface area contributed by atoms with E-state index >= 15 is 0 Å². The molecule has 13 heteroatoms. The second-order valence-electron chi connectivity index (χ2n) is 8.02. The Morgan fingerprint density at radius 1 is 1.26 bits per heavy atom. The molecule has 2 unspecified atom stereocenters. The summed E-state index contributed by atoms with van der Waals surface area (Å²) in [7, 11) is 5.07. The minimum absolute atomic E-state index is 0.145. The van der Waals surface area contributed by atoms with Crippen molar-refractivity contribution < 1.29 is 19.2 Å². The molecule has 3 heterocycles. The van der Waals surface area contributed by atoms with E-state index in [2.05, 4.69) is 37.7 Å². The Morgan fingerprint density at radius 2 is 2.00 bits per heavy atom. The molecule has 1 aliphatic heterocycles. The number of anilines is 1. The number of aromatic nitrogens is 2. The fourth-order valence-corrected chi connectivity index (χ4v) is 4.52. The van der Waals surface area contributed by atoms with Crippen molar-refractivity contribution in [3.05, 3.63) is 38.9 Å². The number of nitrogens with one attached hydrogen (secondary N) is 3. The molecular formula is C21H26ClN7O4S. The first-order valence-corrected chi connectivity index (χ1v) is 11.7. The van der Waals surface area contributed by atoms with Crippen LogP contribution in [0.5, 0.6) is 0 Å². The number of amides is 4. The van der Waals surface area contributed by atoms with Crippen molar-refractivity contribution in [2.24, 2.45) is 0 Å². The van der Waals surface area contributed by atoms with Crippen LogP contribution in [0.2, 0.25) is 5.02 Å². The Labute approximate surface area is 205 Å². The molecule has 2 aromatic rings. The largest absolute Gasteiger partial charge is 0.347 e. The summed E-state index contributed by atoms with van der Waals surface area (Å²) in [6.45, 7) is 2.62. The number of fused-ring (bicyclic) bond motifs is 1. The lowest BCUT2D eigenvalue weighted by molar-refractivity contribution is -0.136. The summed E-state index contributed by atoms with van der Waals surface area (Å²) in [4.78, 5) is 62.7. The highest BCUT2D eigenvalue weighted by atomic mass is 35.5. The summed E-state index contributed by atoms with van der Waals surface area (Å²) in [6.07, 6.45) is 2.07. The molecule has 0 bridgehead atoms. The normalized spacial score (nSPS) is 16.2. The molecule has 0 radical (unpaired) electrons. The smallest absolute Gasteiger partial charge is 0.314 e. The first-order valence-electron chi connectivity index (χ1n) is 10.5. The summed E-state index contributed by atoms with van der Waals surface area (Å²) < 4.78 is 0. The molecule has 0 fully saturated rings. The average Bonchev–Trinajstić information content (AvgIpc) is 3.25. The van der Waals surface area contributed by atoms with Crippen LogP contribution in [0.25, 0.3) is 0 Å². The van der Waals surface area contributed by atoms with Crippen molar-refractivity contribution in [3.8, 4) is 0 Å². The number of likely N-dealkylation sites (N-methyl/N-ethyl adjacent to an activating group) is 2. The lowest BCUT2D eigenvalue weighted by Gasteiger charge is -2.28. The van der Waals surface area contributed by atoms with E-state index < -0.39 is 29.7 Å². The Hall–Kier alpha value is -3.09. The molecule has 3 rings (SSSR count). The molecule has 3 N–H and O–H groups in total. The Bertz CT molecular complexity index is 1090. The van der Waals surface area contributed by atoms with Gasteiger partial charge in [0.2, 0.25) is 5.91 Å². The maximum atomic E-state index is 12.9. The van der Waals surface area contributed by atoms with E-state index in [0.29, 0.717) is 5.02 Å². The predicted molar refractivity (Wildman–Crippen MR) is 128 cm³/mol. The first-order chi connectivity index (χ1) is 16.1. The highest BCUT2D eigenvalue weighted by Gasteiger charge is 2.30. The molecule has 11 nitrogen and oxygen atoms in total. The van der Waals surface area contributed by atoms with E-state index in [9.17, 15) is 19.2 Å². The van der Waals surface area contributed by atoms with E-state index in [1.807, 2.05) is 7.05 Å². The highest BCUT2D eigenvalue weighted by Crippen LogP contribution is 2.32. The monoisotopic (exact) mass is 507 g/mol. The maximum Gasteiger partial charge on any atom is 0.314 e. The summed E-state index contributed by atoms with van der Waals surface area (Å²) in [5, 5.41) is 7.97. The summed E-state index contributed by atoms with van der Waals surface area (Å²) in [5.74, 6) is -2.76. The van der Waals surface area contributed by atoms with Crippen molar-refractivity contribution in [2.45, 2.75) is 25.4 Å². The predicted octanol–water partition coefficient (Wildman–Crippen LogP) is 0.682. The van der Waals surface area contributed by atoms with E-state index in [4.69, 9.17) is 11.6 Å². The zero-order valence-corrected chi connectivity index (χ0v) is 20.8. The topological polar surface area (TPSA) is 137 Å². The van der Waals surface area contributed by atoms with Crippen molar-refractivity contribution in [1.82, 2.24) is 30.4 Å². The molecule has 0 saturated carbocycles. The molecule has 4 amide bonds. The number of halogens is 1. The fourth-order valence-electron chi connectivity index (χ4n) is 3.27. The first kappa shape index (κ1) is 25.5. The third-order valence-corrected chi connectivity index (χ3v) is 6.84. The van der Waals surface area contributed by atoms with Gasteiger partial charge in [0.1, 0.15) is 11.9 Å². The lowest BCUT2D eigenvalue weighted by Crippen LogP contribution is -2.53. The average molecular weight is 508 g/mol. The van der Waals surface area contributed by atoms with Crippen LogP contribution in [-0.4, -0.2) is 83.7 Å². The molecule has 0 spiro atoms. The van der Waals surface area contributed by atoms with E-state index in [0.717, 1.165) is 23.5 Å². The van der Waals surface area contributed by atoms with Crippen molar-refractivity contribution >= 4 is 52.4 Å². The number of hydrogen-bond donors (Lipinski definition) is 3. The maximum absolute atomic E-state index is 12.9. The highest BCUT2D eigenvalue weighted by molar-refractivity contribution is 7.13. The number of carbonyl (C=O) groups excluding carboxylic acids is 4. The van der Waals surface area contributed by atoms with Crippen molar-refractivity contribution in [3.63, 3.8) is 0 Å². The number of pyridine rings is 1. The molecular weight excluding hydrogens is 482 g/mol. The summed E-state index contributed by atoms with van der Waals surface area (Å²) >= 11 is 7.04. The van der Waals surface area contributed by atoms with Gasteiger partial charge in [0, 0.05) is 50.7 Å². The van der Waals surface area contributed by atoms with Gasteiger partial charge in [-0.1, -0.05) is 11.6 Å². The van der Waals surface area contributed by atoms with Crippen LogP contribution in [0.4, 0.5) is 5.82 Å². The van der Waals surface area contributed by atoms with Gasteiger partial charge < -0.3 is 20.9 Å². The van der Waals surface area contributed by atoms with Gasteiger partial charge in [-0.3, -0.25) is 24.1 Å². The van der Waals surface area contributed by atoms with Crippen molar-refractivity contribution in [2.75, 3.05) is 39.5 Å². The standard InChI is InChI=1S/C21H26ClN7O4S/c1-11-16-13(7-8-29(11)4)26-20(34-16)19(32)25-14(21(33)28(2)3)10-24-17(30)18(31)27-15-6-5-12(22)9-23-15/h5-6,9,11,14H,7-8,10H2,1-4H3,(H,24,30)(H,25,32)(H,23,27,31). The molecule has 1 aliphatic rings. The van der Waals surface area contributed by atoms with Crippen LogP contribution >= 0.6 is 22.9 Å². The zero-order chi connectivity index (χ0) is 25.0. The van der Waals surface area contributed by atoms with Gasteiger partial charge in [-0.15, -0.1) is 11.3 Å². The third-order valence-electron chi connectivity index (χ3n) is 5.35. The van der Waals surface area contributed by atoms with Gasteiger partial charge in [0.25, 0.3) is 5.91 Å². The Balaban J connectivity index is 1.64. The second-order valence-corrected chi connectivity index (χ2v) is 9.49. The van der Waals surface area contributed by atoms with Crippen LogP contribution in [0, 0.1) is 0 Å². The quantitative estimate of drug-likeness (QED) is 0.489. The van der Waals surface area contributed by atoms with Crippen LogP contribution in [0.1, 0.15) is 33.3 Å². The molecule has 34 heavy (non-hydrogen) atoms. The number of carbonyl (C=O) groups is 4. The Morgan fingerprint density at radius 3 is 2.65 bits per heavy atom. The molecule has 2 atom stereocenters. The summed E-state index contributed by atoms with van der Waals surface area (Å²) in [5.41, 5.74) is 0.886. The molecule has 2 aromatic heterocycles. The number of rotatable bonds is 6. The number of thiazole rings is 1. The molecule has 0 aliphatic carbocycles. The van der Waals surface area contributed by atoms with Crippen LogP contribution in [-0.2, 0) is 20.8 Å². The van der Waals surface area contributed by atoms with Gasteiger partial charge in [-0.25, -0.2) is 9.97 Å². The van der Waals surface area contributed by atoms with Gasteiger partial charge >= 0.3 is 11.8 Å². The SMILES string of the molecule is CC1c2sc(C(=O)NC(CNC(=O)C(=O)Nc3ccc(Cl)cn3)C(=O)N(C)C)nc2CCN1C. The van der Waals surface area contributed by atoms with Crippen LogP contribution in [0.15, 0.2) is 18.3 Å². The zero-order valence-electron chi connectivity index (χ0n) is 19.2. The van der Waals surface area contributed by atoms with Crippen LogP contribution < -0.4 is 16.0 Å². The van der Waals surface area contributed by atoms with Gasteiger partial charge in [0.15, 0.2) is 5.01 Å². The summed E-state index contributed by atoms with van der Waals surface area (Å²) in [6, 6.07) is 2.01. The molecule has 182 valence electrons. The fraction of sp³-hybridized carbons (Fsp3) is 0.429. The van der Waals surface area contributed by atoms with Gasteiger partial charge in [-0.05, 0) is 26.1 Å². The minimum atomic E-state index is -1.09. The van der Waals surface area contributed by atoms with Gasteiger partial charge in [-0.2, -0.15) is 0 Å². The number of nitrogens with zero attached hydrogens (tertiary/aromatic N) is 4. The third kappa shape index (κ3) is 6.07. The van der Waals surface area contributed by atoms with Crippen molar-refractivity contribution in [1.29, 1.82) is 0 Å². The second kappa shape index (κ2) is 10.9. The number of hydrogen-bond acceptors (Lipinski definition) is 8. The van der Waals surface area contributed by atoms with Crippen LogP contribution in [0.3, 0.4) is 0 Å². The van der Waals surface area contributed by atoms with Gasteiger partial charge in [0.05, 0.1) is 10.7 Å². The van der Waals surface area contributed by atoms with E-state index in [-0.39, 0.29) is 23.4 Å². The van der Waals surface area contributed by atoms with E-state index in [1.54, 1.807) is 0 Å². The minimum Gasteiger partial charge on any atom is -0.347 e. The van der Waals surface area contributed by atoms with E-state index in [1.165, 1.54) is 48.7 Å². The Kier molecular flexibility index (Phi) is 8.18. The lowest BCUT2D eigenvalue weighted by atomic mass is 10.1. The molecule has 0 saturated heterocycles.